The summed E-state index contributed by atoms with van der Waals surface area (Å²) in [6.07, 6.45) is 7.03. The lowest BCUT2D eigenvalue weighted by molar-refractivity contribution is -0.158. The van der Waals surface area contributed by atoms with Crippen LogP contribution in [-0.4, -0.2) is 158 Å². The number of hydrogen-bond donors (Lipinski definition) is 1. The van der Waals surface area contributed by atoms with Crippen molar-refractivity contribution in [2.24, 2.45) is 5.92 Å². The summed E-state index contributed by atoms with van der Waals surface area (Å²) >= 11 is 8.85. The molecule has 0 unspecified atom stereocenters. The normalized spacial score (nSPS) is 18.5. The molecule has 1 N–H and O–H groups in total. The molecule has 532 valence electrons. The largest absolute Gasteiger partial charge is 0.496 e. The molecule has 97 heavy (non-hydrogen) atoms. The molecule has 4 saturated heterocycles. The summed E-state index contributed by atoms with van der Waals surface area (Å²) in [5.74, 6) is 4.64. The van der Waals surface area contributed by atoms with Crippen molar-refractivity contribution in [2.45, 2.75) is 156 Å². The van der Waals surface area contributed by atoms with Gasteiger partial charge in [0.2, 0.25) is 0 Å². The second kappa shape index (κ2) is 35.8. The van der Waals surface area contributed by atoms with Gasteiger partial charge in [0.15, 0.2) is 18.9 Å². The number of esters is 1. The Kier molecular flexibility index (Phi) is 31.6. The Morgan fingerprint density at radius 3 is 1.31 bits per heavy atom. The van der Waals surface area contributed by atoms with Gasteiger partial charge in [-0.2, -0.15) is 17.2 Å². The number of likely N-dealkylation sites (tertiary alicyclic amines) is 1. The van der Waals surface area contributed by atoms with Gasteiger partial charge >= 0.3 is 48.8 Å². The van der Waals surface area contributed by atoms with E-state index < -0.39 is 27.4 Å². The van der Waals surface area contributed by atoms with Gasteiger partial charge in [-0.1, -0.05) is 56.0 Å². The minimum Gasteiger partial charge on any atom is -0.496 e. The lowest BCUT2D eigenvalue weighted by atomic mass is 9.88. The van der Waals surface area contributed by atoms with Crippen LogP contribution >= 0.6 is 54.5 Å². The first-order chi connectivity index (χ1) is 44.7. The van der Waals surface area contributed by atoms with Crippen LogP contribution in [-0.2, 0) is 59.0 Å². The Balaban J connectivity index is 0.000000319. The van der Waals surface area contributed by atoms with Crippen LogP contribution in [0.2, 0.25) is 0 Å². The molecule has 4 fully saturated rings. The van der Waals surface area contributed by atoms with E-state index in [-0.39, 0.29) is 60.9 Å². The number of aryl methyl sites for hydroxylation is 3. The van der Waals surface area contributed by atoms with Crippen molar-refractivity contribution in [1.29, 1.82) is 0 Å². The van der Waals surface area contributed by atoms with Crippen LogP contribution in [0.3, 0.4) is 0 Å². The first-order valence-corrected chi connectivity index (χ1v) is 34.3. The number of methoxy groups -OCH3 is 5. The summed E-state index contributed by atoms with van der Waals surface area (Å²) in [6.45, 7) is 36.0. The van der Waals surface area contributed by atoms with Gasteiger partial charge < -0.3 is 56.7 Å². The molecule has 0 spiro atoms. The van der Waals surface area contributed by atoms with Gasteiger partial charge in [-0.05, 0) is 226 Å². The van der Waals surface area contributed by atoms with Crippen molar-refractivity contribution in [2.75, 3.05) is 48.6 Å². The number of carbonyl (C=O) groups excluding carboxylic acids is 4. The number of carboxylic acids is 1. The Morgan fingerprint density at radius 1 is 0.608 bits per heavy atom. The third-order valence-corrected chi connectivity index (χ3v) is 21.0. The molecule has 4 aromatic rings. The highest BCUT2D eigenvalue weighted by Gasteiger charge is 2.55. The predicted molar refractivity (Wildman–Crippen MR) is 385 cm³/mol. The molecule has 0 bridgehead atoms. The minimum absolute atomic E-state index is 0.230. The van der Waals surface area contributed by atoms with E-state index in [1.54, 1.807) is 58.7 Å². The number of aliphatic carboxylic acids is 1. The van der Waals surface area contributed by atoms with Crippen LogP contribution in [0, 0.1) is 30.3 Å². The highest BCUT2D eigenvalue weighted by Crippen LogP contribution is 2.40. The lowest BCUT2D eigenvalue weighted by Gasteiger charge is -2.32. The van der Waals surface area contributed by atoms with Gasteiger partial charge in [0.25, 0.3) is 0 Å². The Labute approximate surface area is 600 Å². The molecule has 0 amide bonds. The van der Waals surface area contributed by atoms with E-state index in [1.165, 1.54) is 0 Å². The number of halogens is 6. The quantitative estimate of drug-likeness (QED) is 0.0339. The number of nitrogens with zero attached hydrogens (tertiary/aromatic N) is 1. The first-order valence-electron chi connectivity index (χ1n) is 30.2. The molecule has 0 aromatic heterocycles. The third kappa shape index (κ3) is 23.1. The minimum atomic E-state index is -6.22. The van der Waals surface area contributed by atoms with Gasteiger partial charge in [-0.25, -0.2) is 4.79 Å². The maximum atomic E-state index is 11.9. The van der Waals surface area contributed by atoms with E-state index in [9.17, 15) is 50.2 Å². The van der Waals surface area contributed by atoms with E-state index in [2.05, 4.69) is 83.7 Å². The lowest BCUT2D eigenvalue weighted by Crippen LogP contribution is -2.41. The van der Waals surface area contributed by atoms with Crippen molar-refractivity contribution < 1.29 is 102 Å². The van der Waals surface area contributed by atoms with Gasteiger partial charge in [0.1, 0.15) is 23.0 Å². The monoisotopic (exact) mass is 1620 g/mol. The highest BCUT2D eigenvalue weighted by atomic mass is 127. The second-order valence-corrected chi connectivity index (χ2v) is 29.8. The van der Waals surface area contributed by atoms with Crippen LogP contribution in [0.25, 0.3) is 12.2 Å². The smallest absolute Gasteiger partial charge is 0.487 e. The van der Waals surface area contributed by atoms with Crippen molar-refractivity contribution >= 4 is 129 Å². The average Bonchev–Trinajstić information content (AvgIpc) is 1.66. The molecule has 4 aromatic carbocycles. The standard InChI is InChI=1S/C22H32BNO5.C17H23BO4.C9H9BrO2.C8H15BO2.C8H6BrIO2.C3H3F3O4S/c1-15-11-18(14-24-10-8-17(13-24)20(25)26)19(27-6)12-16(15)7-9-23-28-21(2,3)22(4,5)29-23;1-12-9-14(11-19)15(20-6)10-13(12)7-8-18-21-16(2,3)17(4,5)22-18;1-6-3-7(5-11)9(12-2)4-8(6)10;1-6-9-10-7(2,3)8(4,5)11-9;1-12-8-3-6(9)7(10)2-5(8)4-11;1-10-2(7)3(4,5)11(6,8)9/h7,9,11-12,17H,8,10,13-14H2,1-6H3,(H,25,26);7-11H,1-6H3;3-5H,1-2H3;6H,1H2,2-5H3;2-4H,1H3;1H3/b9-7+;8-7+;;;;/t17-;;;;;/m1...../s1. The van der Waals surface area contributed by atoms with Crippen LogP contribution < -0.4 is 18.9 Å². The zero-order valence-corrected chi connectivity index (χ0v) is 64.6. The number of hydrogen-bond acceptors (Lipinski definition) is 19. The number of benzene rings is 4. The number of rotatable bonds is 17. The fourth-order valence-corrected chi connectivity index (χ4v) is 10.5. The molecule has 20 nitrogen and oxygen atoms in total. The molecule has 0 aliphatic carbocycles. The SMILES string of the molecule is C=CB1OC(C)(C)C(C)(C)O1.COC(=O)C(F)(F)S(=O)(=O)F.COc1cc(/C=C/B2OC(C)(C)C(C)(C)O2)c(C)cc1C=O.COc1cc(/C=C/B2OC(C)(C)C(C)(C)O2)c(C)cc1CN1CC[C@@H](C(=O)O)C1.COc1cc(Br)c(C)cc1C=O.COc1cc(Br)c(I)cc1C=O. The average molecular weight is 1620 g/mol. The Morgan fingerprint density at radius 2 is 0.969 bits per heavy atom. The zero-order valence-electron chi connectivity index (χ0n) is 58.5. The molecular weight excluding hydrogens is 1530 g/mol. The van der Waals surface area contributed by atoms with Gasteiger partial charge in [0.05, 0.1) is 91.8 Å². The number of alkyl halides is 2. The molecule has 30 heteroatoms. The molecule has 4 aliphatic heterocycles. The zero-order chi connectivity index (χ0) is 74.2. The molecule has 4 heterocycles. The van der Waals surface area contributed by atoms with Crippen LogP contribution in [0.1, 0.15) is 154 Å². The number of carboxylic acid groups (broad SMARTS) is 1. The Bertz CT molecular complexity index is 3520. The topological polar surface area (TPSA) is 244 Å². The van der Waals surface area contributed by atoms with Crippen molar-refractivity contribution in [3.05, 3.63) is 136 Å². The van der Waals surface area contributed by atoms with E-state index in [4.69, 9.17) is 46.9 Å². The van der Waals surface area contributed by atoms with E-state index in [1.807, 2.05) is 139 Å². The molecule has 4 aliphatic rings. The van der Waals surface area contributed by atoms with Crippen molar-refractivity contribution in [3.8, 4) is 23.0 Å². The van der Waals surface area contributed by atoms with Crippen molar-refractivity contribution in [1.82, 2.24) is 4.90 Å². The first kappa shape index (κ1) is 85.8. The summed E-state index contributed by atoms with van der Waals surface area (Å²) in [5, 5.41) is 4.10. The van der Waals surface area contributed by atoms with E-state index in [0.29, 0.717) is 60.6 Å². The Hall–Kier alpha value is -5.41. The van der Waals surface area contributed by atoms with Gasteiger partial charge in [-0.15, -0.1) is 6.58 Å². The summed E-state index contributed by atoms with van der Waals surface area (Å²) in [7, 11) is -0.420. The summed E-state index contributed by atoms with van der Waals surface area (Å²) in [6, 6.07) is 14.9. The fraction of sp³-hybridized carbons (Fsp3) is 0.478. The van der Waals surface area contributed by atoms with Crippen LogP contribution in [0.5, 0.6) is 23.0 Å². The highest BCUT2D eigenvalue weighted by molar-refractivity contribution is 14.1. The molecule has 1 atom stereocenters. The molecular formula is C67H88B3Br2F3INO19S. The number of ether oxygens (including phenoxy) is 5. The third-order valence-electron chi connectivity index (χ3n) is 17.1. The van der Waals surface area contributed by atoms with E-state index in [0.717, 1.165) is 77.0 Å². The molecule has 0 saturated carbocycles. The van der Waals surface area contributed by atoms with E-state index >= 15 is 0 Å². The predicted octanol–water partition coefficient (Wildman–Crippen LogP) is 14.3. The van der Waals surface area contributed by atoms with Crippen molar-refractivity contribution in [3.63, 3.8) is 0 Å². The van der Waals surface area contributed by atoms with Crippen LogP contribution in [0.15, 0.2) is 82.0 Å². The maximum Gasteiger partial charge on any atom is 0.487 e. The van der Waals surface area contributed by atoms with Gasteiger partial charge in [-0.3, -0.25) is 24.1 Å². The maximum absolute atomic E-state index is 11.9. The molecule has 0 radical (unpaired) electrons. The summed E-state index contributed by atoms with van der Waals surface area (Å²) in [4.78, 5) is 55.4. The van der Waals surface area contributed by atoms with Gasteiger partial charge in [0, 0.05) is 31.2 Å². The number of aldehydes is 3. The second-order valence-electron chi connectivity index (χ2n) is 25.5. The fourth-order valence-electron chi connectivity index (χ4n) is 9.12. The summed E-state index contributed by atoms with van der Waals surface area (Å²) in [5.41, 5.74) is 6.06. The number of carbonyl (C=O) groups is 5. The molecule has 8 rings (SSSR count). The summed E-state index contributed by atoms with van der Waals surface area (Å²) < 4.78 is 117. The van der Waals surface area contributed by atoms with Crippen LogP contribution in [0.4, 0.5) is 12.7 Å².